The quantitative estimate of drug-likeness (QED) is 0.855. The average Bonchev–Trinajstić information content (AvgIpc) is 2.65. The Balaban J connectivity index is 2.01. The van der Waals surface area contributed by atoms with Gasteiger partial charge in [-0.15, -0.1) is 0 Å². The van der Waals surface area contributed by atoms with Gasteiger partial charge in [0.15, 0.2) is 0 Å². The summed E-state index contributed by atoms with van der Waals surface area (Å²) in [5.74, 6) is 2.63. The lowest BCUT2D eigenvalue weighted by Crippen LogP contribution is -2.25. The number of ether oxygens (including phenoxy) is 1. The highest BCUT2D eigenvalue weighted by molar-refractivity contribution is 5.47. The SMILES string of the molecule is COc1ccc(N)cc1CN1CCCC(C(C)C)CC1. The van der Waals surface area contributed by atoms with Crippen molar-refractivity contribution in [3.05, 3.63) is 23.8 Å². The number of anilines is 1. The minimum Gasteiger partial charge on any atom is -0.496 e. The second kappa shape index (κ2) is 6.98. The van der Waals surface area contributed by atoms with E-state index >= 15 is 0 Å². The fourth-order valence-corrected chi connectivity index (χ4v) is 3.17. The Morgan fingerprint density at radius 2 is 2.10 bits per heavy atom. The van der Waals surface area contributed by atoms with E-state index in [4.69, 9.17) is 10.5 Å². The van der Waals surface area contributed by atoms with Gasteiger partial charge in [-0.25, -0.2) is 0 Å². The lowest BCUT2D eigenvalue weighted by molar-refractivity contribution is 0.260. The van der Waals surface area contributed by atoms with Crippen LogP contribution in [0.4, 0.5) is 5.69 Å². The predicted octanol–water partition coefficient (Wildman–Crippen LogP) is 3.54. The van der Waals surface area contributed by atoms with Crippen molar-refractivity contribution in [3.63, 3.8) is 0 Å². The Kier molecular flexibility index (Phi) is 5.30. The number of likely N-dealkylation sites (tertiary alicyclic amines) is 1. The second-order valence-electron chi connectivity index (χ2n) is 6.28. The van der Waals surface area contributed by atoms with Crippen LogP contribution in [0.1, 0.15) is 38.7 Å². The molecule has 1 aliphatic rings. The lowest BCUT2D eigenvalue weighted by Gasteiger charge is -2.22. The van der Waals surface area contributed by atoms with E-state index in [1.54, 1.807) is 7.11 Å². The molecule has 0 amide bonds. The van der Waals surface area contributed by atoms with Gasteiger partial charge in [-0.1, -0.05) is 13.8 Å². The van der Waals surface area contributed by atoms with E-state index in [0.717, 1.165) is 29.8 Å². The zero-order chi connectivity index (χ0) is 14.5. The molecular weight excluding hydrogens is 248 g/mol. The normalized spacial score (nSPS) is 20.9. The third-order valence-corrected chi connectivity index (χ3v) is 4.51. The topological polar surface area (TPSA) is 38.5 Å². The molecule has 1 heterocycles. The van der Waals surface area contributed by atoms with Gasteiger partial charge in [0.1, 0.15) is 5.75 Å². The van der Waals surface area contributed by atoms with Gasteiger partial charge in [-0.05, 0) is 62.4 Å². The number of methoxy groups -OCH3 is 1. The van der Waals surface area contributed by atoms with Gasteiger partial charge >= 0.3 is 0 Å². The van der Waals surface area contributed by atoms with Gasteiger partial charge in [-0.2, -0.15) is 0 Å². The van der Waals surface area contributed by atoms with Crippen molar-refractivity contribution in [1.29, 1.82) is 0 Å². The highest BCUT2D eigenvalue weighted by atomic mass is 16.5. The minimum atomic E-state index is 0.803. The van der Waals surface area contributed by atoms with Crippen LogP contribution >= 0.6 is 0 Å². The molecular formula is C17H28N2O. The van der Waals surface area contributed by atoms with Crippen LogP contribution in [-0.2, 0) is 6.54 Å². The molecule has 3 heteroatoms. The molecule has 1 aromatic carbocycles. The third kappa shape index (κ3) is 3.89. The zero-order valence-corrected chi connectivity index (χ0v) is 13.1. The molecule has 3 nitrogen and oxygen atoms in total. The van der Waals surface area contributed by atoms with Gasteiger partial charge in [0.25, 0.3) is 0 Å². The molecule has 1 aromatic rings. The summed E-state index contributed by atoms with van der Waals surface area (Å²) in [5.41, 5.74) is 7.93. The van der Waals surface area contributed by atoms with Gasteiger partial charge in [-0.3, -0.25) is 4.90 Å². The maximum atomic E-state index is 5.91. The van der Waals surface area contributed by atoms with Crippen LogP contribution in [-0.4, -0.2) is 25.1 Å². The molecule has 1 unspecified atom stereocenters. The van der Waals surface area contributed by atoms with E-state index in [1.807, 2.05) is 18.2 Å². The van der Waals surface area contributed by atoms with Crippen molar-refractivity contribution < 1.29 is 4.74 Å². The largest absolute Gasteiger partial charge is 0.496 e. The summed E-state index contributed by atoms with van der Waals surface area (Å²) in [7, 11) is 1.73. The first-order valence-corrected chi connectivity index (χ1v) is 7.75. The van der Waals surface area contributed by atoms with Crippen LogP contribution in [0.15, 0.2) is 18.2 Å². The summed E-state index contributed by atoms with van der Waals surface area (Å²) in [5, 5.41) is 0. The molecule has 1 atom stereocenters. The van der Waals surface area contributed by atoms with E-state index in [1.165, 1.54) is 37.9 Å². The number of nitrogens with two attached hydrogens (primary N) is 1. The summed E-state index contributed by atoms with van der Waals surface area (Å²) in [6.45, 7) is 8.00. The highest BCUT2D eigenvalue weighted by Gasteiger charge is 2.20. The van der Waals surface area contributed by atoms with Crippen molar-refractivity contribution in [2.45, 2.75) is 39.7 Å². The molecule has 0 aliphatic carbocycles. The fourth-order valence-electron chi connectivity index (χ4n) is 3.17. The van der Waals surface area contributed by atoms with Gasteiger partial charge < -0.3 is 10.5 Å². The molecule has 112 valence electrons. The summed E-state index contributed by atoms with van der Waals surface area (Å²) < 4.78 is 5.45. The maximum absolute atomic E-state index is 5.91. The summed E-state index contributed by atoms with van der Waals surface area (Å²) in [4.78, 5) is 2.54. The number of hydrogen-bond acceptors (Lipinski definition) is 3. The number of rotatable bonds is 4. The fraction of sp³-hybridized carbons (Fsp3) is 0.647. The van der Waals surface area contributed by atoms with E-state index in [-0.39, 0.29) is 0 Å². The average molecular weight is 276 g/mol. The maximum Gasteiger partial charge on any atom is 0.123 e. The predicted molar refractivity (Wildman–Crippen MR) is 84.9 cm³/mol. The van der Waals surface area contributed by atoms with Crippen LogP contribution in [0, 0.1) is 11.8 Å². The van der Waals surface area contributed by atoms with Crippen molar-refractivity contribution in [2.24, 2.45) is 11.8 Å². The molecule has 0 spiro atoms. The van der Waals surface area contributed by atoms with Gasteiger partial charge in [0, 0.05) is 17.8 Å². The number of nitrogens with zero attached hydrogens (tertiary/aromatic N) is 1. The molecule has 20 heavy (non-hydrogen) atoms. The van der Waals surface area contributed by atoms with Crippen molar-refractivity contribution in [1.82, 2.24) is 4.90 Å². The lowest BCUT2D eigenvalue weighted by atomic mass is 9.89. The summed E-state index contributed by atoms with van der Waals surface area (Å²) in [6.07, 6.45) is 3.97. The van der Waals surface area contributed by atoms with Crippen LogP contribution in [0.3, 0.4) is 0 Å². The summed E-state index contributed by atoms with van der Waals surface area (Å²) >= 11 is 0. The second-order valence-corrected chi connectivity index (χ2v) is 6.28. The Morgan fingerprint density at radius 1 is 1.30 bits per heavy atom. The minimum absolute atomic E-state index is 0.803. The Bertz CT molecular complexity index is 431. The van der Waals surface area contributed by atoms with Crippen LogP contribution in [0.5, 0.6) is 5.75 Å². The Labute approximate surface area is 123 Å². The van der Waals surface area contributed by atoms with Crippen LogP contribution in [0.25, 0.3) is 0 Å². The first-order valence-electron chi connectivity index (χ1n) is 7.75. The first kappa shape index (κ1) is 15.2. The molecule has 0 radical (unpaired) electrons. The molecule has 1 saturated heterocycles. The van der Waals surface area contributed by atoms with Crippen LogP contribution in [0.2, 0.25) is 0 Å². The summed E-state index contributed by atoms with van der Waals surface area (Å²) in [6, 6.07) is 5.92. The number of benzene rings is 1. The van der Waals surface area contributed by atoms with E-state index < -0.39 is 0 Å². The number of nitrogen functional groups attached to an aromatic ring is 1. The van der Waals surface area contributed by atoms with Gasteiger partial charge in [0.2, 0.25) is 0 Å². The molecule has 1 fully saturated rings. The third-order valence-electron chi connectivity index (χ3n) is 4.51. The van der Waals surface area contributed by atoms with Crippen molar-refractivity contribution in [2.75, 3.05) is 25.9 Å². The van der Waals surface area contributed by atoms with E-state index in [9.17, 15) is 0 Å². The van der Waals surface area contributed by atoms with Crippen molar-refractivity contribution in [3.8, 4) is 5.75 Å². The molecule has 0 saturated carbocycles. The number of hydrogen-bond donors (Lipinski definition) is 1. The molecule has 0 bridgehead atoms. The first-order chi connectivity index (χ1) is 9.60. The highest BCUT2D eigenvalue weighted by Crippen LogP contribution is 2.27. The van der Waals surface area contributed by atoms with E-state index in [2.05, 4.69) is 18.7 Å². The molecule has 1 aliphatic heterocycles. The Morgan fingerprint density at radius 3 is 2.80 bits per heavy atom. The Hall–Kier alpha value is -1.22. The molecule has 2 N–H and O–H groups in total. The van der Waals surface area contributed by atoms with E-state index in [0.29, 0.717) is 0 Å². The van der Waals surface area contributed by atoms with Crippen LogP contribution < -0.4 is 10.5 Å². The smallest absolute Gasteiger partial charge is 0.123 e. The molecule has 2 rings (SSSR count). The van der Waals surface area contributed by atoms with Gasteiger partial charge in [0.05, 0.1) is 7.11 Å². The zero-order valence-electron chi connectivity index (χ0n) is 13.1. The standard InChI is InChI=1S/C17H28N2O/c1-13(2)14-5-4-9-19(10-8-14)12-15-11-16(18)6-7-17(15)20-3/h6-7,11,13-14H,4-5,8-10,12,18H2,1-3H3. The van der Waals surface area contributed by atoms with Crippen molar-refractivity contribution >= 4 is 5.69 Å². The monoisotopic (exact) mass is 276 g/mol. The molecule has 0 aromatic heterocycles.